The molecule has 14 heavy (non-hydrogen) atoms. The van der Waals surface area contributed by atoms with Gasteiger partial charge in [0.1, 0.15) is 5.75 Å². The number of ether oxygens (including phenoxy) is 1. The minimum absolute atomic E-state index is 0.546. The van der Waals surface area contributed by atoms with E-state index in [2.05, 4.69) is 25.2 Å². The number of hydrogen-bond acceptors (Lipinski definition) is 2. The summed E-state index contributed by atoms with van der Waals surface area (Å²) in [7, 11) is 1.72. The van der Waals surface area contributed by atoms with Crippen molar-refractivity contribution in [1.82, 2.24) is 5.32 Å². The second kappa shape index (κ2) is 5.66. The molecule has 2 heteroatoms. The summed E-state index contributed by atoms with van der Waals surface area (Å²) < 4.78 is 5.28. The van der Waals surface area contributed by atoms with Crippen LogP contribution in [0.3, 0.4) is 0 Å². The van der Waals surface area contributed by atoms with Gasteiger partial charge in [-0.3, -0.25) is 0 Å². The SMILES string of the molecule is COc1ccccc1CCNC(C)C. The van der Waals surface area contributed by atoms with Gasteiger partial charge in [-0.1, -0.05) is 32.0 Å². The summed E-state index contributed by atoms with van der Waals surface area (Å²) >= 11 is 0. The predicted octanol–water partition coefficient (Wildman–Crippen LogP) is 2.24. The summed E-state index contributed by atoms with van der Waals surface area (Å²) in [4.78, 5) is 0. The van der Waals surface area contributed by atoms with Gasteiger partial charge in [0.25, 0.3) is 0 Å². The molecule has 0 spiro atoms. The lowest BCUT2D eigenvalue weighted by Crippen LogP contribution is -2.25. The molecular formula is C12H19NO. The minimum atomic E-state index is 0.546. The molecule has 1 N–H and O–H groups in total. The summed E-state index contributed by atoms with van der Waals surface area (Å²) in [6, 6.07) is 8.71. The van der Waals surface area contributed by atoms with Gasteiger partial charge in [-0.25, -0.2) is 0 Å². The topological polar surface area (TPSA) is 21.3 Å². The van der Waals surface area contributed by atoms with E-state index in [1.807, 2.05) is 18.2 Å². The highest BCUT2D eigenvalue weighted by Gasteiger charge is 2.00. The summed E-state index contributed by atoms with van der Waals surface area (Å²) in [5.74, 6) is 0.984. The van der Waals surface area contributed by atoms with E-state index < -0.39 is 0 Å². The molecule has 0 saturated carbocycles. The van der Waals surface area contributed by atoms with E-state index in [9.17, 15) is 0 Å². The van der Waals surface area contributed by atoms with E-state index in [1.165, 1.54) is 5.56 Å². The second-order valence-corrected chi connectivity index (χ2v) is 3.67. The molecule has 0 aliphatic carbocycles. The van der Waals surface area contributed by atoms with Crippen LogP contribution in [0.1, 0.15) is 19.4 Å². The van der Waals surface area contributed by atoms with E-state index in [0.29, 0.717) is 6.04 Å². The molecule has 0 aromatic heterocycles. The highest BCUT2D eigenvalue weighted by Crippen LogP contribution is 2.17. The van der Waals surface area contributed by atoms with Crippen molar-refractivity contribution in [2.45, 2.75) is 26.3 Å². The van der Waals surface area contributed by atoms with Crippen molar-refractivity contribution in [3.8, 4) is 5.75 Å². The second-order valence-electron chi connectivity index (χ2n) is 3.67. The van der Waals surface area contributed by atoms with Crippen molar-refractivity contribution in [3.63, 3.8) is 0 Å². The Morgan fingerprint density at radius 3 is 2.64 bits per heavy atom. The van der Waals surface area contributed by atoms with Gasteiger partial charge in [-0.15, -0.1) is 0 Å². The van der Waals surface area contributed by atoms with Gasteiger partial charge in [-0.2, -0.15) is 0 Å². The lowest BCUT2D eigenvalue weighted by Gasteiger charge is -2.10. The first-order valence-electron chi connectivity index (χ1n) is 5.09. The zero-order valence-corrected chi connectivity index (χ0v) is 9.21. The van der Waals surface area contributed by atoms with Gasteiger partial charge in [0.05, 0.1) is 7.11 Å². The standard InChI is InChI=1S/C12H19NO/c1-10(2)13-9-8-11-6-4-5-7-12(11)14-3/h4-7,10,13H,8-9H2,1-3H3. The normalized spacial score (nSPS) is 10.6. The first-order chi connectivity index (χ1) is 6.74. The fourth-order valence-electron chi connectivity index (χ4n) is 1.41. The Morgan fingerprint density at radius 1 is 1.29 bits per heavy atom. The van der Waals surface area contributed by atoms with Crippen molar-refractivity contribution >= 4 is 0 Å². The molecule has 0 heterocycles. The van der Waals surface area contributed by atoms with Crippen LogP contribution < -0.4 is 10.1 Å². The first kappa shape index (κ1) is 11.1. The highest BCUT2D eigenvalue weighted by atomic mass is 16.5. The molecule has 0 aliphatic rings. The van der Waals surface area contributed by atoms with Crippen LogP contribution in [0.25, 0.3) is 0 Å². The van der Waals surface area contributed by atoms with Gasteiger partial charge < -0.3 is 10.1 Å². The van der Waals surface area contributed by atoms with Crippen molar-refractivity contribution < 1.29 is 4.74 Å². The lowest BCUT2D eigenvalue weighted by atomic mass is 10.1. The zero-order chi connectivity index (χ0) is 10.4. The van der Waals surface area contributed by atoms with E-state index in [1.54, 1.807) is 7.11 Å². The van der Waals surface area contributed by atoms with Crippen LogP contribution in [-0.2, 0) is 6.42 Å². The van der Waals surface area contributed by atoms with E-state index >= 15 is 0 Å². The summed E-state index contributed by atoms with van der Waals surface area (Å²) in [6.07, 6.45) is 1.02. The highest BCUT2D eigenvalue weighted by molar-refractivity contribution is 5.33. The molecule has 0 fully saturated rings. The predicted molar refractivity (Wildman–Crippen MR) is 59.8 cm³/mol. The van der Waals surface area contributed by atoms with Gasteiger partial charge in [-0.05, 0) is 24.6 Å². The molecule has 0 atom stereocenters. The Kier molecular flexibility index (Phi) is 4.47. The quantitative estimate of drug-likeness (QED) is 0.774. The van der Waals surface area contributed by atoms with Crippen molar-refractivity contribution in [1.29, 1.82) is 0 Å². The Bertz CT molecular complexity index is 271. The molecule has 1 aromatic carbocycles. The molecule has 0 unspecified atom stereocenters. The summed E-state index contributed by atoms with van der Waals surface area (Å²) in [5, 5.41) is 3.39. The number of rotatable bonds is 5. The molecule has 0 radical (unpaired) electrons. The summed E-state index contributed by atoms with van der Waals surface area (Å²) in [5.41, 5.74) is 1.27. The van der Waals surface area contributed by atoms with Crippen LogP contribution in [0.4, 0.5) is 0 Å². The molecule has 0 bridgehead atoms. The molecule has 78 valence electrons. The Labute approximate surface area is 86.3 Å². The summed E-state index contributed by atoms with van der Waals surface area (Å²) in [6.45, 7) is 5.31. The molecular weight excluding hydrogens is 174 g/mol. The molecule has 1 rings (SSSR count). The Hall–Kier alpha value is -1.02. The van der Waals surface area contributed by atoms with E-state index in [4.69, 9.17) is 4.74 Å². The van der Waals surface area contributed by atoms with Gasteiger partial charge in [0.15, 0.2) is 0 Å². The number of para-hydroxylation sites is 1. The van der Waals surface area contributed by atoms with Crippen LogP contribution in [0.5, 0.6) is 5.75 Å². The Balaban J connectivity index is 2.49. The van der Waals surface area contributed by atoms with Crippen LogP contribution in [0.2, 0.25) is 0 Å². The molecule has 0 aliphatic heterocycles. The first-order valence-corrected chi connectivity index (χ1v) is 5.09. The molecule has 0 amide bonds. The lowest BCUT2D eigenvalue weighted by molar-refractivity contribution is 0.408. The fourth-order valence-corrected chi connectivity index (χ4v) is 1.41. The van der Waals surface area contributed by atoms with Crippen LogP contribution in [0, 0.1) is 0 Å². The average molecular weight is 193 g/mol. The van der Waals surface area contributed by atoms with Crippen LogP contribution in [-0.4, -0.2) is 19.7 Å². The van der Waals surface area contributed by atoms with Gasteiger partial charge >= 0.3 is 0 Å². The van der Waals surface area contributed by atoms with Crippen LogP contribution in [0.15, 0.2) is 24.3 Å². The van der Waals surface area contributed by atoms with Crippen LogP contribution >= 0.6 is 0 Å². The zero-order valence-electron chi connectivity index (χ0n) is 9.21. The largest absolute Gasteiger partial charge is 0.496 e. The monoisotopic (exact) mass is 193 g/mol. The number of benzene rings is 1. The smallest absolute Gasteiger partial charge is 0.122 e. The fraction of sp³-hybridized carbons (Fsp3) is 0.500. The number of hydrogen-bond donors (Lipinski definition) is 1. The molecule has 0 saturated heterocycles. The van der Waals surface area contributed by atoms with Gasteiger partial charge in [0.2, 0.25) is 0 Å². The molecule has 2 nitrogen and oxygen atoms in total. The maximum absolute atomic E-state index is 5.28. The number of methoxy groups -OCH3 is 1. The number of nitrogens with one attached hydrogen (secondary N) is 1. The third-order valence-corrected chi connectivity index (χ3v) is 2.14. The third kappa shape index (κ3) is 3.38. The third-order valence-electron chi connectivity index (χ3n) is 2.14. The van der Waals surface area contributed by atoms with Crippen molar-refractivity contribution in [2.75, 3.05) is 13.7 Å². The van der Waals surface area contributed by atoms with Crippen molar-refractivity contribution in [3.05, 3.63) is 29.8 Å². The van der Waals surface area contributed by atoms with Crippen molar-refractivity contribution in [2.24, 2.45) is 0 Å². The Morgan fingerprint density at radius 2 is 2.00 bits per heavy atom. The molecule has 1 aromatic rings. The van der Waals surface area contributed by atoms with E-state index in [0.717, 1.165) is 18.7 Å². The maximum atomic E-state index is 5.28. The minimum Gasteiger partial charge on any atom is -0.496 e. The van der Waals surface area contributed by atoms with E-state index in [-0.39, 0.29) is 0 Å². The maximum Gasteiger partial charge on any atom is 0.122 e. The van der Waals surface area contributed by atoms with Gasteiger partial charge in [0, 0.05) is 6.04 Å². The average Bonchev–Trinajstić information content (AvgIpc) is 2.18.